The van der Waals surface area contributed by atoms with Gasteiger partial charge in [-0.25, -0.2) is 4.79 Å². The lowest BCUT2D eigenvalue weighted by atomic mass is 10.2. The van der Waals surface area contributed by atoms with Crippen LogP contribution in [0, 0.1) is 6.92 Å². The number of amides is 1. The average molecular weight is 321 g/mol. The Kier molecular flexibility index (Phi) is 4.62. The summed E-state index contributed by atoms with van der Waals surface area (Å²) in [5, 5.41) is 12.1. The molecule has 6 nitrogen and oxygen atoms in total. The Hall–Kier alpha value is -2.60. The van der Waals surface area contributed by atoms with Gasteiger partial charge in [0.05, 0.1) is 0 Å². The summed E-state index contributed by atoms with van der Waals surface area (Å²) in [5.41, 5.74) is 0.145. The van der Waals surface area contributed by atoms with Gasteiger partial charge in [-0.05, 0) is 36.8 Å². The normalized spacial score (nSPS) is 10.3. The highest BCUT2D eigenvalue weighted by molar-refractivity contribution is 6.31. The van der Waals surface area contributed by atoms with E-state index in [1.54, 1.807) is 25.1 Å². The molecule has 114 valence electrons. The van der Waals surface area contributed by atoms with Gasteiger partial charge in [-0.2, -0.15) is 0 Å². The van der Waals surface area contributed by atoms with Gasteiger partial charge in [-0.3, -0.25) is 9.59 Å². The van der Waals surface area contributed by atoms with Crippen LogP contribution in [0.5, 0.6) is 0 Å². The van der Waals surface area contributed by atoms with Crippen molar-refractivity contribution >= 4 is 29.2 Å². The van der Waals surface area contributed by atoms with E-state index in [4.69, 9.17) is 16.7 Å². The standard InChI is InChI=1S/C15H13ClN2O4/c1-9-11(16)5-2-6-12(9)17-13(19)8-18-7-3-4-10(14(18)20)15(21)22/h2-7H,8H2,1H3,(H,17,19)(H,21,22). The molecule has 2 rings (SSSR count). The number of nitrogens with one attached hydrogen (secondary N) is 1. The number of benzene rings is 1. The lowest BCUT2D eigenvalue weighted by molar-refractivity contribution is -0.116. The summed E-state index contributed by atoms with van der Waals surface area (Å²) >= 11 is 5.97. The van der Waals surface area contributed by atoms with Crippen molar-refractivity contribution in [2.24, 2.45) is 0 Å². The van der Waals surface area contributed by atoms with Gasteiger partial charge in [-0.1, -0.05) is 17.7 Å². The zero-order chi connectivity index (χ0) is 16.3. The number of carbonyl (C=O) groups is 2. The summed E-state index contributed by atoms with van der Waals surface area (Å²) in [7, 11) is 0. The number of halogens is 1. The highest BCUT2D eigenvalue weighted by atomic mass is 35.5. The van der Waals surface area contributed by atoms with Crippen molar-refractivity contribution in [1.82, 2.24) is 4.57 Å². The van der Waals surface area contributed by atoms with Gasteiger partial charge in [0.1, 0.15) is 12.1 Å². The van der Waals surface area contributed by atoms with E-state index in [2.05, 4.69) is 5.32 Å². The molecule has 0 saturated heterocycles. The van der Waals surface area contributed by atoms with Crippen molar-refractivity contribution in [1.29, 1.82) is 0 Å². The van der Waals surface area contributed by atoms with E-state index in [9.17, 15) is 14.4 Å². The molecule has 0 spiro atoms. The third-order valence-corrected chi connectivity index (χ3v) is 3.52. The smallest absolute Gasteiger partial charge is 0.341 e. The van der Waals surface area contributed by atoms with Crippen LogP contribution in [0.25, 0.3) is 0 Å². The number of anilines is 1. The lowest BCUT2D eigenvalue weighted by Crippen LogP contribution is -2.30. The molecule has 22 heavy (non-hydrogen) atoms. The van der Waals surface area contributed by atoms with E-state index >= 15 is 0 Å². The fourth-order valence-corrected chi connectivity index (χ4v) is 2.09. The molecule has 1 aromatic heterocycles. The number of rotatable bonds is 4. The molecule has 7 heteroatoms. The molecule has 1 aromatic carbocycles. The number of hydrogen-bond donors (Lipinski definition) is 2. The van der Waals surface area contributed by atoms with Gasteiger partial charge in [0, 0.05) is 16.9 Å². The van der Waals surface area contributed by atoms with Gasteiger partial charge in [0.2, 0.25) is 5.91 Å². The maximum Gasteiger partial charge on any atom is 0.341 e. The van der Waals surface area contributed by atoms with Crippen LogP contribution in [-0.2, 0) is 11.3 Å². The Labute approximate surface area is 131 Å². The zero-order valence-corrected chi connectivity index (χ0v) is 12.4. The summed E-state index contributed by atoms with van der Waals surface area (Å²) in [4.78, 5) is 34.8. The second-order valence-corrected chi connectivity index (χ2v) is 5.03. The number of aromatic carboxylic acids is 1. The van der Waals surface area contributed by atoms with Gasteiger partial charge in [0.15, 0.2) is 0 Å². The molecule has 0 bridgehead atoms. The molecule has 0 unspecified atom stereocenters. The van der Waals surface area contributed by atoms with Crippen molar-refractivity contribution in [3.63, 3.8) is 0 Å². The summed E-state index contributed by atoms with van der Waals surface area (Å²) in [6.07, 6.45) is 1.36. The predicted molar refractivity (Wildman–Crippen MR) is 82.5 cm³/mol. The first kappa shape index (κ1) is 15.8. The minimum Gasteiger partial charge on any atom is -0.477 e. The Morgan fingerprint density at radius 2 is 2.00 bits per heavy atom. The third-order valence-electron chi connectivity index (χ3n) is 3.11. The summed E-state index contributed by atoms with van der Waals surface area (Å²) in [6, 6.07) is 7.69. The molecule has 1 amide bonds. The van der Waals surface area contributed by atoms with Crippen LogP contribution in [0.15, 0.2) is 41.3 Å². The molecule has 1 heterocycles. The molecule has 0 aliphatic carbocycles. The summed E-state index contributed by atoms with van der Waals surface area (Å²) in [6.45, 7) is 1.47. The second-order valence-electron chi connectivity index (χ2n) is 4.62. The number of nitrogens with zero attached hydrogens (tertiary/aromatic N) is 1. The largest absolute Gasteiger partial charge is 0.477 e. The van der Waals surface area contributed by atoms with Crippen molar-refractivity contribution in [2.75, 3.05) is 5.32 Å². The van der Waals surface area contributed by atoms with Crippen LogP contribution in [0.1, 0.15) is 15.9 Å². The maximum absolute atomic E-state index is 12.0. The van der Waals surface area contributed by atoms with Gasteiger partial charge in [-0.15, -0.1) is 0 Å². The van der Waals surface area contributed by atoms with Crippen LogP contribution in [0.3, 0.4) is 0 Å². The third kappa shape index (κ3) is 3.35. The average Bonchev–Trinajstić information content (AvgIpc) is 2.46. The number of carboxylic acid groups (broad SMARTS) is 1. The van der Waals surface area contributed by atoms with E-state index in [1.165, 1.54) is 18.3 Å². The molecule has 0 aliphatic rings. The van der Waals surface area contributed by atoms with Crippen LogP contribution >= 0.6 is 11.6 Å². The van der Waals surface area contributed by atoms with Crippen molar-refractivity contribution in [3.05, 3.63) is 63.0 Å². The SMILES string of the molecule is Cc1c(Cl)cccc1NC(=O)Cn1cccc(C(=O)O)c1=O. The Balaban J connectivity index is 2.20. The molecule has 0 fully saturated rings. The maximum atomic E-state index is 12.0. The molecule has 2 aromatic rings. The van der Waals surface area contributed by atoms with Crippen LogP contribution < -0.4 is 10.9 Å². The Morgan fingerprint density at radius 3 is 2.68 bits per heavy atom. The van der Waals surface area contributed by atoms with E-state index in [-0.39, 0.29) is 12.1 Å². The molecule has 2 N–H and O–H groups in total. The topological polar surface area (TPSA) is 88.4 Å². The Bertz CT molecular complexity index is 798. The second kappa shape index (κ2) is 6.44. The lowest BCUT2D eigenvalue weighted by Gasteiger charge is -2.10. The number of carboxylic acids is 1. The fourth-order valence-electron chi connectivity index (χ4n) is 1.91. The predicted octanol–water partition coefficient (Wildman–Crippen LogP) is 2.15. The summed E-state index contributed by atoms with van der Waals surface area (Å²) < 4.78 is 1.04. The minimum absolute atomic E-state index is 0.286. The highest BCUT2D eigenvalue weighted by Gasteiger charge is 2.13. The van der Waals surface area contributed by atoms with Gasteiger partial charge >= 0.3 is 5.97 Å². The molecule has 0 aliphatic heterocycles. The molecule has 0 atom stereocenters. The van der Waals surface area contributed by atoms with E-state index < -0.39 is 17.4 Å². The van der Waals surface area contributed by atoms with Gasteiger partial charge < -0.3 is 15.0 Å². The minimum atomic E-state index is -1.33. The highest BCUT2D eigenvalue weighted by Crippen LogP contribution is 2.22. The number of hydrogen-bond acceptors (Lipinski definition) is 3. The van der Waals surface area contributed by atoms with E-state index in [1.807, 2.05) is 0 Å². The van der Waals surface area contributed by atoms with E-state index in [0.717, 1.165) is 4.57 Å². The first-order chi connectivity index (χ1) is 10.4. The first-order valence-corrected chi connectivity index (χ1v) is 6.75. The number of pyridine rings is 1. The first-order valence-electron chi connectivity index (χ1n) is 6.38. The molecular formula is C15H13ClN2O4. The number of carbonyl (C=O) groups excluding carboxylic acids is 1. The zero-order valence-electron chi connectivity index (χ0n) is 11.7. The number of aromatic nitrogens is 1. The van der Waals surface area contributed by atoms with Crippen molar-refractivity contribution in [3.8, 4) is 0 Å². The monoisotopic (exact) mass is 320 g/mol. The van der Waals surface area contributed by atoms with Crippen LogP contribution in [0.4, 0.5) is 5.69 Å². The van der Waals surface area contributed by atoms with Crippen molar-refractivity contribution in [2.45, 2.75) is 13.5 Å². The molecule has 0 radical (unpaired) electrons. The van der Waals surface area contributed by atoms with Crippen LogP contribution in [-0.4, -0.2) is 21.6 Å². The molecule has 0 saturated carbocycles. The quantitative estimate of drug-likeness (QED) is 0.903. The van der Waals surface area contributed by atoms with Crippen LogP contribution in [0.2, 0.25) is 5.02 Å². The fraction of sp³-hybridized carbons (Fsp3) is 0.133. The van der Waals surface area contributed by atoms with Crippen molar-refractivity contribution < 1.29 is 14.7 Å². The summed E-state index contributed by atoms with van der Waals surface area (Å²) in [5.74, 6) is -1.78. The molecular weight excluding hydrogens is 308 g/mol. The van der Waals surface area contributed by atoms with E-state index in [0.29, 0.717) is 16.3 Å². The Morgan fingerprint density at radius 1 is 1.27 bits per heavy atom. The van der Waals surface area contributed by atoms with Gasteiger partial charge in [0.25, 0.3) is 5.56 Å².